The number of hydrogen-bond acceptors (Lipinski definition) is 3. The van der Waals surface area contributed by atoms with E-state index in [0.29, 0.717) is 49.0 Å². The van der Waals surface area contributed by atoms with Gasteiger partial charge >= 0.3 is 6.11 Å². The third-order valence-corrected chi connectivity index (χ3v) is 7.40. The lowest BCUT2D eigenvalue weighted by Gasteiger charge is -2.32. The first-order valence-electron chi connectivity index (χ1n) is 12.6. The molecule has 0 unspecified atom stereocenters. The summed E-state index contributed by atoms with van der Waals surface area (Å²) in [5.41, 5.74) is -2.43. The van der Waals surface area contributed by atoms with Gasteiger partial charge in [0.05, 0.1) is 13.2 Å². The Morgan fingerprint density at radius 1 is 0.744 bits per heavy atom. The minimum Gasteiger partial charge on any atom is -0.429 e. The fraction of sp³-hybridized carbons (Fsp3) is 0.379. The van der Waals surface area contributed by atoms with Crippen LogP contribution < -0.4 is 4.74 Å². The summed E-state index contributed by atoms with van der Waals surface area (Å²) in [4.78, 5) is 0. The zero-order valence-electron chi connectivity index (χ0n) is 20.9. The third kappa shape index (κ3) is 5.63. The van der Waals surface area contributed by atoms with E-state index in [9.17, 15) is 26.3 Å². The molecular weight excluding hydrogens is 529 g/mol. The zero-order valence-corrected chi connectivity index (χ0v) is 20.9. The van der Waals surface area contributed by atoms with Crippen LogP contribution in [0.25, 0.3) is 11.1 Å². The Morgan fingerprint density at radius 3 is 1.90 bits per heavy atom. The third-order valence-electron chi connectivity index (χ3n) is 7.40. The maximum atomic E-state index is 15.0. The van der Waals surface area contributed by atoms with E-state index in [-0.39, 0.29) is 17.0 Å². The Hall–Kier alpha value is -3.11. The van der Waals surface area contributed by atoms with Gasteiger partial charge in [0.15, 0.2) is 6.29 Å². The van der Waals surface area contributed by atoms with Crippen molar-refractivity contribution in [2.75, 3.05) is 13.2 Å². The maximum Gasteiger partial charge on any atom is 0.432 e. The van der Waals surface area contributed by atoms with Crippen molar-refractivity contribution in [1.82, 2.24) is 0 Å². The average molecular weight is 555 g/mol. The fourth-order valence-electron chi connectivity index (χ4n) is 5.21. The number of benzene rings is 3. The largest absolute Gasteiger partial charge is 0.432 e. The van der Waals surface area contributed by atoms with Crippen LogP contribution in [0.4, 0.5) is 30.7 Å². The van der Waals surface area contributed by atoms with Crippen LogP contribution in [-0.4, -0.2) is 13.2 Å². The lowest BCUT2D eigenvalue weighted by Crippen LogP contribution is -2.31. The lowest BCUT2D eigenvalue weighted by atomic mass is 9.91. The van der Waals surface area contributed by atoms with Gasteiger partial charge in [-0.05, 0) is 36.6 Å². The van der Waals surface area contributed by atoms with E-state index in [4.69, 9.17) is 9.47 Å². The van der Waals surface area contributed by atoms with Crippen LogP contribution in [0.2, 0.25) is 0 Å². The van der Waals surface area contributed by atoms with Gasteiger partial charge in [-0.25, -0.2) is 22.0 Å². The van der Waals surface area contributed by atoms with Crippen molar-refractivity contribution in [2.24, 2.45) is 11.8 Å². The topological polar surface area (TPSA) is 27.7 Å². The molecule has 0 spiro atoms. The SMILES string of the molecule is Cc1c(F)cc(OC(F)(F)c2c(F)cc(-c3ccc(C4OCC(C5CCCC5)CO4)cc3F)cc2F)cc1F. The molecular formula is C29H25F7O3. The quantitative estimate of drug-likeness (QED) is 0.287. The number of halogens is 7. The molecule has 0 atom stereocenters. The monoisotopic (exact) mass is 554 g/mol. The van der Waals surface area contributed by atoms with Gasteiger partial charge in [0.2, 0.25) is 0 Å². The molecule has 1 aliphatic heterocycles. The summed E-state index contributed by atoms with van der Waals surface area (Å²) in [6, 6.07) is 5.84. The van der Waals surface area contributed by atoms with Gasteiger partial charge < -0.3 is 14.2 Å². The van der Waals surface area contributed by atoms with Gasteiger partial charge in [0.1, 0.15) is 40.4 Å². The number of ether oxygens (including phenoxy) is 3. The standard InChI is InChI=1S/C29H25F7O3/c1-15-22(30)11-20(12-23(15)31)39-29(35,36)27-25(33)9-18(10-26(27)34)21-7-6-17(8-24(21)32)28-37-13-19(14-38-28)16-4-2-3-5-16/h6-12,16,19,28H,2-5,13-14H2,1H3. The summed E-state index contributed by atoms with van der Waals surface area (Å²) in [5, 5.41) is 0. The highest BCUT2D eigenvalue weighted by molar-refractivity contribution is 5.65. The summed E-state index contributed by atoms with van der Waals surface area (Å²) < 4.78 is 117. The molecule has 0 N–H and O–H groups in total. The minimum absolute atomic E-state index is 0.241. The molecule has 3 aromatic carbocycles. The van der Waals surface area contributed by atoms with E-state index >= 15 is 4.39 Å². The first kappa shape index (κ1) is 27.5. The first-order valence-corrected chi connectivity index (χ1v) is 12.6. The number of alkyl halides is 2. The molecule has 0 amide bonds. The van der Waals surface area contributed by atoms with Gasteiger partial charge in [-0.1, -0.05) is 37.8 Å². The zero-order chi connectivity index (χ0) is 27.9. The van der Waals surface area contributed by atoms with E-state index in [1.165, 1.54) is 25.0 Å². The minimum atomic E-state index is -4.63. The Balaban J connectivity index is 1.34. The van der Waals surface area contributed by atoms with Crippen molar-refractivity contribution in [3.05, 3.63) is 88.2 Å². The lowest BCUT2D eigenvalue weighted by molar-refractivity contribution is -0.212. The Labute approximate surface area is 220 Å². The molecule has 39 heavy (non-hydrogen) atoms. The van der Waals surface area contributed by atoms with Crippen molar-refractivity contribution >= 4 is 0 Å². The molecule has 0 bridgehead atoms. The van der Waals surface area contributed by atoms with Crippen LogP contribution in [0, 0.1) is 47.8 Å². The second-order valence-corrected chi connectivity index (χ2v) is 9.99. The Kier molecular flexibility index (Phi) is 7.61. The van der Waals surface area contributed by atoms with Crippen LogP contribution >= 0.6 is 0 Å². The molecule has 2 aliphatic rings. The average Bonchev–Trinajstić information content (AvgIpc) is 3.41. The molecule has 5 rings (SSSR count). The van der Waals surface area contributed by atoms with Crippen molar-refractivity contribution in [2.45, 2.75) is 45.0 Å². The van der Waals surface area contributed by atoms with Crippen LogP contribution in [0.15, 0.2) is 42.5 Å². The van der Waals surface area contributed by atoms with Gasteiger partial charge in [0.25, 0.3) is 0 Å². The Bertz CT molecular complexity index is 1320. The van der Waals surface area contributed by atoms with Crippen molar-refractivity contribution in [1.29, 1.82) is 0 Å². The summed E-state index contributed by atoms with van der Waals surface area (Å²) >= 11 is 0. The van der Waals surface area contributed by atoms with Crippen molar-refractivity contribution in [3.63, 3.8) is 0 Å². The summed E-state index contributed by atoms with van der Waals surface area (Å²) in [6.07, 6.45) is -0.769. The molecule has 3 nitrogen and oxygen atoms in total. The smallest absolute Gasteiger partial charge is 0.429 e. The van der Waals surface area contributed by atoms with Gasteiger partial charge in [0, 0.05) is 34.7 Å². The number of hydrogen-bond donors (Lipinski definition) is 0. The Morgan fingerprint density at radius 2 is 1.33 bits per heavy atom. The molecule has 2 fully saturated rings. The molecule has 0 radical (unpaired) electrons. The fourth-order valence-corrected chi connectivity index (χ4v) is 5.21. The molecule has 1 heterocycles. The highest BCUT2D eigenvalue weighted by Gasteiger charge is 2.41. The highest BCUT2D eigenvalue weighted by Crippen LogP contribution is 2.39. The molecule has 3 aromatic rings. The molecule has 208 valence electrons. The van der Waals surface area contributed by atoms with Gasteiger partial charge in [-0.3, -0.25) is 0 Å². The molecule has 1 saturated heterocycles. The second-order valence-electron chi connectivity index (χ2n) is 9.99. The molecule has 0 aromatic heterocycles. The van der Waals surface area contributed by atoms with Crippen LogP contribution in [0.1, 0.15) is 48.7 Å². The van der Waals surface area contributed by atoms with Crippen LogP contribution in [0.3, 0.4) is 0 Å². The van der Waals surface area contributed by atoms with Gasteiger partial charge in [-0.2, -0.15) is 8.78 Å². The van der Waals surface area contributed by atoms with E-state index in [1.54, 1.807) is 0 Å². The molecule has 1 aliphatic carbocycles. The summed E-state index contributed by atoms with van der Waals surface area (Å²) in [5.74, 6) is -6.81. The highest BCUT2D eigenvalue weighted by atomic mass is 19.3. The number of rotatable bonds is 6. The van der Waals surface area contributed by atoms with E-state index < -0.39 is 58.4 Å². The van der Waals surface area contributed by atoms with E-state index in [0.717, 1.165) is 25.8 Å². The predicted molar refractivity (Wildman–Crippen MR) is 127 cm³/mol. The maximum absolute atomic E-state index is 15.0. The van der Waals surface area contributed by atoms with Gasteiger partial charge in [-0.15, -0.1) is 0 Å². The summed E-state index contributed by atoms with van der Waals surface area (Å²) in [6.45, 7) is 2.04. The van der Waals surface area contributed by atoms with E-state index in [1.807, 2.05) is 0 Å². The van der Waals surface area contributed by atoms with E-state index in [2.05, 4.69) is 4.74 Å². The van der Waals surface area contributed by atoms with Crippen molar-refractivity contribution in [3.8, 4) is 16.9 Å². The second kappa shape index (κ2) is 10.8. The van der Waals surface area contributed by atoms with Crippen molar-refractivity contribution < 1.29 is 44.9 Å². The van der Waals surface area contributed by atoms with Crippen LogP contribution in [0.5, 0.6) is 5.75 Å². The van der Waals surface area contributed by atoms with Crippen LogP contribution in [-0.2, 0) is 15.6 Å². The predicted octanol–water partition coefficient (Wildman–Crippen LogP) is 8.34. The molecule has 10 heteroatoms. The normalized spacial score (nSPS) is 20.4. The first-order chi connectivity index (χ1) is 18.5. The summed E-state index contributed by atoms with van der Waals surface area (Å²) in [7, 11) is 0. The molecule has 1 saturated carbocycles.